The fraction of sp³-hybridized carbons (Fsp3) is 0.222. The highest BCUT2D eigenvalue weighted by atomic mass is 127. The van der Waals surface area contributed by atoms with Crippen LogP contribution in [0, 0.1) is 22.1 Å². The first-order chi connectivity index (χ1) is 6.91. The van der Waals surface area contributed by atoms with E-state index >= 15 is 0 Å². The van der Waals surface area contributed by atoms with Gasteiger partial charge >= 0.3 is 5.97 Å². The maximum atomic E-state index is 13.4. The lowest BCUT2D eigenvalue weighted by Crippen LogP contribution is -2.11. The number of hydrogen-bond donors (Lipinski definition) is 0. The zero-order valence-corrected chi connectivity index (χ0v) is 11.6. The maximum absolute atomic E-state index is 13.4. The summed E-state index contributed by atoms with van der Waals surface area (Å²) in [5.41, 5.74) is 0.103. The van der Waals surface area contributed by atoms with Crippen molar-refractivity contribution in [3.05, 3.63) is 30.8 Å². The molecular weight excluding hydrogens is 385 g/mol. The van der Waals surface area contributed by atoms with Crippen LogP contribution in [0.5, 0.6) is 0 Å². The van der Waals surface area contributed by atoms with E-state index in [0.29, 0.717) is 9.13 Å². The molecule has 0 spiro atoms. The van der Waals surface area contributed by atoms with Crippen molar-refractivity contribution >= 4 is 44.5 Å². The van der Waals surface area contributed by atoms with E-state index in [1.165, 1.54) is 0 Å². The molecule has 0 heterocycles. The van der Waals surface area contributed by atoms with Gasteiger partial charge in [0, 0.05) is 3.57 Å². The molecule has 0 saturated carbocycles. The summed E-state index contributed by atoms with van der Waals surface area (Å²) in [6, 6.07) is 0. The second-order valence-electron chi connectivity index (χ2n) is 2.75. The van der Waals surface area contributed by atoms with Crippen molar-refractivity contribution in [3.63, 3.8) is 0 Å². The minimum Gasteiger partial charge on any atom is -0.465 e. The molecule has 0 unspecified atom stereocenters. The molecule has 0 aliphatic carbocycles. The van der Waals surface area contributed by atoms with Crippen molar-refractivity contribution in [3.8, 4) is 0 Å². The zero-order chi connectivity index (χ0) is 11.7. The van der Waals surface area contributed by atoms with Gasteiger partial charge in [-0.15, -0.1) is 0 Å². The Kier molecular flexibility index (Phi) is 4.05. The lowest BCUT2D eigenvalue weighted by Gasteiger charge is -2.10. The molecule has 0 amide bonds. The highest BCUT2D eigenvalue weighted by Crippen LogP contribution is 2.31. The quantitative estimate of drug-likeness (QED) is 0.318. The van der Waals surface area contributed by atoms with Crippen LogP contribution < -0.4 is 0 Å². The molecule has 0 aliphatic heterocycles. The van der Waals surface area contributed by atoms with Gasteiger partial charge in [0.25, 0.3) is 0 Å². The molecule has 6 heteroatoms. The third-order valence-corrected chi connectivity index (χ3v) is 4.16. The third-order valence-electron chi connectivity index (χ3n) is 1.87. The summed E-state index contributed by atoms with van der Waals surface area (Å²) in [6.45, 7) is 1.58. The van der Waals surface area contributed by atoms with Crippen molar-refractivity contribution < 1.29 is 18.3 Å². The smallest absolute Gasteiger partial charge is 0.342 e. The lowest BCUT2D eigenvalue weighted by atomic mass is 10.1. The van der Waals surface area contributed by atoms with Gasteiger partial charge in [-0.3, -0.25) is 0 Å². The summed E-state index contributed by atoms with van der Waals surface area (Å²) in [5, 5.41) is 0. The topological polar surface area (TPSA) is 26.3 Å². The van der Waals surface area contributed by atoms with E-state index in [2.05, 4.69) is 20.7 Å². The van der Waals surface area contributed by atoms with E-state index in [1.807, 2.05) is 0 Å². The molecule has 0 N–H and O–H groups in total. The average molecular weight is 391 g/mol. The molecule has 0 fully saturated rings. The van der Waals surface area contributed by atoms with Gasteiger partial charge in [0.05, 0.1) is 11.6 Å². The molecule has 1 aromatic carbocycles. The van der Waals surface area contributed by atoms with Gasteiger partial charge in [0.15, 0.2) is 11.6 Å². The average Bonchev–Trinajstić information content (AvgIpc) is 2.23. The Bertz CT molecular complexity index is 406. The van der Waals surface area contributed by atoms with Crippen molar-refractivity contribution in [1.29, 1.82) is 0 Å². The molecular formula is C9H6BrF2IO2. The number of hydrogen-bond acceptors (Lipinski definition) is 2. The van der Waals surface area contributed by atoms with Crippen LogP contribution in [0.2, 0.25) is 0 Å². The van der Waals surface area contributed by atoms with Crippen LogP contribution in [0.15, 0.2) is 4.47 Å². The fourth-order valence-electron chi connectivity index (χ4n) is 1.03. The first kappa shape index (κ1) is 12.8. The van der Waals surface area contributed by atoms with Gasteiger partial charge in [-0.05, 0) is 51.0 Å². The molecule has 1 aromatic rings. The molecule has 0 saturated heterocycles. The molecule has 0 atom stereocenters. The summed E-state index contributed by atoms with van der Waals surface area (Å²) in [5.74, 6) is -3.15. The van der Waals surface area contributed by atoms with Gasteiger partial charge in [-0.1, -0.05) is 0 Å². The molecule has 0 radical (unpaired) electrons. The Labute approximate surface area is 107 Å². The fourth-order valence-corrected chi connectivity index (χ4v) is 2.50. The predicted octanol–water partition coefficient (Wildman–Crippen LogP) is 3.43. The molecule has 0 aromatic heterocycles. The number of esters is 1. The largest absolute Gasteiger partial charge is 0.465 e. The van der Waals surface area contributed by atoms with Gasteiger partial charge in [-0.25, -0.2) is 13.6 Å². The van der Waals surface area contributed by atoms with Crippen LogP contribution >= 0.6 is 38.5 Å². The number of rotatable bonds is 1. The number of benzene rings is 1. The highest BCUT2D eigenvalue weighted by molar-refractivity contribution is 14.1. The van der Waals surface area contributed by atoms with Gasteiger partial charge in [0.2, 0.25) is 0 Å². The second kappa shape index (κ2) is 4.73. The summed E-state index contributed by atoms with van der Waals surface area (Å²) >= 11 is 4.69. The molecule has 15 heavy (non-hydrogen) atoms. The normalized spacial score (nSPS) is 10.3. The van der Waals surface area contributed by atoms with Crippen molar-refractivity contribution in [2.24, 2.45) is 0 Å². The monoisotopic (exact) mass is 390 g/mol. The van der Waals surface area contributed by atoms with Crippen LogP contribution in [0.25, 0.3) is 0 Å². The molecule has 0 bridgehead atoms. The summed E-state index contributed by atoms with van der Waals surface area (Å²) in [4.78, 5) is 11.2. The van der Waals surface area contributed by atoms with Crippen LogP contribution in [-0.2, 0) is 4.74 Å². The van der Waals surface area contributed by atoms with Gasteiger partial charge in [0.1, 0.15) is 5.56 Å². The lowest BCUT2D eigenvalue weighted by molar-refractivity contribution is 0.0592. The van der Waals surface area contributed by atoms with E-state index in [4.69, 9.17) is 0 Å². The number of carbonyl (C=O) groups excluding carboxylic acids is 1. The number of halogens is 4. The maximum Gasteiger partial charge on any atom is 0.342 e. The first-order valence-corrected chi connectivity index (χ1v) is 5.69. The summed E-state index contributed by atoms with van der Waals surface area (Å²) in [7, 11) is 1.12. The minimum atomic E-state index is -1.19. The first-order valence-electron chi connectivity index (χ1n) is 3.82. The Morgan fingerprint density at radius 2 is 1.93 bits per heavy atom. The summed E-state index contributed by atoms with van der Waals surface area (Å²) < 4.78 is 31.5. The van der Waals surface area contributed by atoms with Crippen LogP contribution in [-0.4, -0.2) is 13.1 Å². The molecule has 2 nitrogen and oxygen atoms in total. The molecule has 82 valence electrons. The van der Waals surface area contributed by atoms with Crippen molar-refractivity contribution in [2.45, 2.75) is 6.92 Å². The third kappa shape index (κ3) is 2.15. The van der Waals surface area contributed by atoms with E-state index in [-0.39, 0.29) is 10.0 Å². The van der Waals surface area contributed by atoms with Crippen LogP contribution in [0.1, 0.15) is 15.9 Å². The van der Waals surface area contributed by atoms with Crippen molar-refractivity contribution in [2.75, 3.05) is 7.11 Å². The summed E-state index contributed by atoms with van der Waals surface area (Å²) in [6.07, 6.45) is 0. The SMILES string of the molecule is COC(=O)c1c(F)c(F)c(Br)c(C)c1I. The minimum absolute atomic E-state index is 0.0250. The van der Waals surface area contributed by atoms with Crippen LogP contribution in [0.4, 0.5) is 8.78 Å². The van der Waals surface area contributed by atoms with Gasteiger partial charge < -0.3 is 4.74 Å². The zero-order valence-electron chi connectivity index (χ0n) is 7.83. The Morgan fingerprint density at radius 1 is 1.40 bits per heavy atom. The van der Waals surface area contributed by atoms with E-state index in [1.54, 1.807) is 29.5 Å². The van der Waals surface area contributed by atoms with Crippen molar-refractivity contribution in [1.82, 2.24) is 0 Å². The highest BCUT2D eigenvalue weighted by Gasteiger charge is 2.24. The standard InChI is InChI=1S/C9H6BrF2IO2/c1-3-5(10)7(12)6(11)4(8(3)13)9(14)15-2/h1-2H3. The second-order valence-corrected chi connectivity index (χ2v) is 4.62. The van der Waals surface area contributed by atoms with E-state index < -0.39 is 17.6 Å². The Hall–Kier alpha value is -0.240. The number of ether oxygens (including phenoxy) is 1. The molecule has 1 rings (SSSR count). The van der Waals surface area contributed by atoms with E-state index in [0.717, 1.165) is 7.11 Å². The Balaban J connectivity index is 3.60. The Morgan fingerprint density at radius 3 is 2.40 bits per heavy atom. The predicted molar refractivity (Wildman–Crippen MR) is 62.9 cm³/mol. The molecule has 0 aliphatic rings. The number of carbonyl (C=O) groups is 1. The van der Waals surface area contributed by atoms with Gasteiger partial charge in [-0.2, -0.15) is 0 Å². The number of methoxy groups -OCH3 is 1. The van der Waals surface area contributed by atoms with Crippen LogP contribution in [0.3, 0.4) is 0 Å². The van der Waals surface area contributed by atoms with E-state index in [9.17, 15) is 13.6 Å².